The molecule has 0 aliphatic carbocycles. The van der Waals surface area contributed by atoms with E-state index in [2.05, 4.69) is 5.32 Å². The van der Waals surface area contributed by atoms with E-state index < -0.39 is 0 Å². The van der Waals surface area contributed by atoms with Crippen molar-refractivity contribution < 1.29 is 14.3 Å². The second kappa shape index (κ2) is 8.95. The molecule has 1 rings (SSSR count). The fourth-order valence-electron chi connectivity index (χ4n) is 1.37. The minimum absolute atomic E-state index is 0.0272. The summed E-state index contributed by atoms with van der Waals surface area (Å²) in [4.78, 5) is 11.4. The highest BCUT2D eigenvalue weighted by atomic mass is 16.5. The molecule has 1 amide bonds. The van der Waals surface area contributed by atoms with Crippen LogP contribution in [0, 0.1) is 11.3 Å². The normalized spacial score (nSPS) is 9.68. The largest absolute Gasteiger partial charge is 0.484 e. The van der Waals surface area contributed by atoms with Crippen molar-refractivity contribution in [3.8, 4) is 11.8 Å². The fourth-order valence-corrected chi connectivity index (χ4v) is 1.37. The summed E-state index contributed by atoms with van der Waals surface area (Å²) in [5, 5.41) is 11.4. The van der Waals surface area contributed by atoms with E-state index in [1.807, 2.05) is 13.0 Å². The molecule has 5 heteroatoms. The highest BCUT2D eigenvalue weighted by molar-refractivity contribution is 5.77. The van der Waals surface area contributed by atoms with E-state index in [4.69, 9.17) is 14.7 Å². The zero-order chi connectivity index (χ0) is 13.9. The van der Waals surface area contributed by atoms with Crippen LogP contribution in [0.5, 0.6) is 5.75 Å². The first-order valence-electron chi connectivity index (χ1n) is 6.23. The molecule has 0 bridgehead atoms. The average Bonchev–Trinajstić information content (AvgIpc) is 2.45. The van der Waals surface area contributed by atoms with Crippen molar-refractivity contribution in [3.05, 3.63) is 29.8 Å². The first-order chi connectivity index (χ1) is 9.26. The maximum Gasteiger partial charge on any atom is 0.257 e. The third kappa shape index (κ3) is 6.43. The number of nitrogens with one attached hydrogen (secondary N) is 1. The SMILES string of the molecule is CCOCCCNC(=O)COc1ccc(C#N)cc1. The standard InChI is InChI=1S/C14H18N2O3/c1-2-18-9-3-8-16-14(17)11-19-13-6-4-12(10-15)5-7-13/h4-7H,2-3,8-9,11H2,1H3,(H,16,17). The van der Waals surface area contributed by atoms with Crippen LogP contribution in [0.3, 0.4) is 0 Å². The molecule has 0 fully saturated rings. The zero-order valence-corrected chi connectivity index (χ0v) is 11.0. The van der Waals surface area contributed by atoms with Gasteiger partial charge in [0.25, 0.3) is 5.91 Å². The lowest BCUT2D eigenvalue weighted by molar-refractivity contribution is -0.123. The number of benzene rings is 1. The number of hydrogen-bond donors (Lipinski definition) is 1. The highest BCUT2D eigenvalue weighted by Gasteiger charge is 2.02. The van der Waals surface area contributed by atoms with Gasteiger partial charge in [-0.2, -0.15) is 5.26 Å². The van der Waals surface area contributed by atoms with Crippen molar-refractivity contribution in [2.24, 2.45) is 0 Å². The Hall–Kier alpha value is -2.06. The molecule has 102 valence electrons. The van der Waals surface area contributed by atoms with E-state index in [1.165, 1.54) is 0 Å². The molecular weight excluding hydrogens is 244 g/mol. The van der Waals surface area contributed by atoms with E-state index in [0.717, 1.165) is 6.42 Å². The molecule has 1 aromatic rings. The number of hydrogen-bond acceptors (Lipinski definition) is 4. The van der Waals surface area contributed by atoms with Gasteiger partial charge < -0.3 is 14.8 Å². The Balaban J connectivity index is 2.17. The van der Waals surface area contributed by atoms with Crippen LogP contribution in [0.2, 0.25) is 0 Å². The minimum atomic E-state index is -0.166. The van der Waals surface area contributed by atoms with E-state index in [-0.39, 0.29) is 12.5 Å². The van der Waals surface area contributed by atoms with Crippen molar-refractivity contribution in [2.75, 3.05) is 26.4 Å². The third-order valence-electron chi connectivity index (χ3n) is 2.35. The molecule has 0 spiro atoms. The second-order valence-electron chi connectivity index (χ2n) is 3.83. The summed E-state index contributed by atoms with van der Waals surface area (Å²) in [6.45, 7) is 3.82. The van der Waals surface area contributed by atoms with Crippen molar-refractivity contribution in [3.63, 3.8) is 0 Å². The average molecular weight is 262 g/mol. The van der Waals surface area contributed by atoms with Crippen molar-refractivity contribution in [2.45, 2.75) is 13.3 Å². The van der Waals surface area contributed by atoms with Crippen molar-refractivity contribution >= 4 is 5.91 Å². The molecule has 0 aliphatic heterocycles. The van der Waals surface area contributed by atoms with Gasteiger partial charge in [-0.15, -0.1) is 0 Å². The number of amides is 1. The molecule has 0 aromatic heterocycles. The number of rotatable bonds is 8. The van der Waals surface area contributed by atoms with Gasteiger partial charge in [0.1, 0.15) is 5.75 Å². The molecule has 0 unspecified atom stereocenters. The number of carbonyl (C=O) groups is 1. The lowest BCUT2D eigenvalue weighted by Gasteiger charge is -2.07. The molecule has 0 radical (unpaired) electrons. The topological polar surface area (TPSA) is 71.3 Å². The van der Waals surface area contributed by atoms with Crippen LogP contribution in [-0.2, 0) is 9.53 Å². The first kappa shape index (κ1) is 15.0. The number of nitriles is 1. The Bertz CT molecular complexity index is 423. The maximum absolute atomic E-state index is 11.4. The lowest BCUT2D eigenvalue weighted by Crippen LogP contribution is -2.30. The van der Waals surface area contributed by atoms with Crippen LogP contribution in [-0.4, -0.2) is 32.3 Å². The van der Waals surface area contributed by atoms with Gasteiger partial charge in [0.05, 0.1) is 11.6 Å². The monoisotopic (exact) mass is 262 g/mol. The lowest BCUT2D eigenvalue weighted by atomic mass is 10.2. The van der Waals surface area contributed by atoms with Gasteiger partial charge in [0, 0.05) is 19.8 Å². The minimum Gasteiger partial charge on any atom is -0.484 e. The first-order valence-corrected chi connectivity index (χ1v) is 6.23. The molecular formula is C14H18N2O3. The Morgan fingerprint density at radius 2 is 2.11 bits per heavy atom. The summed E-state index contributed by atoms with van der Waals surface area (Å²) >= 11 is 0. The summed E-state index contributed by atoms with van der Waals surface area (Å²) in [5.41, 5.74) is 0.563. The van der Waals surface area contributed by atoms with Crippen molar-refractivity contribution in [1.29, 1.82) is 5.26 Å². The molecule has 0 saturated carbocycles. The van der Waals surface area contributed by atoms with Crippen LogP contribution in [0.1, 0.15) is 18.9 Å². The summed E-state index contributed by atoms with van der Waals surface area (Å²) in [5.74, 6) is 0.407. The molecule has 0 aliphatic rings. The summed E-state index contributed by atoms with van der Waals surface area (Å²) in [6.07, 6.45) is 0.788. The number of nitrogens with zero attached hydrogens (tertiary/aromatic N) is 1. The molecule has 19 heavy (non-hydrogen) atoms. The highest BCUT2D eigenvalue weighted by Crippen LogP contribution is 2.10. The molecule has 1 aromatic carbocycles. The Labute approximate surface area is 113 Å². The van der Waals surface area contributed by atoms with Crippen LogP contribution >= 0.6 is 0 Å². The van der Waals surface area contributed by atoms with Gasteiger partial charge in [0.15, 0.2) is 6.61 Å². The predicted molar refractivity (Wildman–Crippen MR) is 70.8 cm³/mol. The van der Waals surface area contributed by atoms with E-state index in [0.29, 0.717) is 31.1 Å². The van der Waals surface area contributed by atoms with Crippen molar-refractivity contribution in [1.82, 2.24) is 5.32 Å². The number of carbonyl (C=O) groups excluding carboxylic acids is 1. The van der Waals surface area contributed by atoms with E-state index >= 15 is 0 Å². The Morgan fingerprint density at radius 1 is 1.37 bits per heavy atom. The molecule has 0 saturated heterocycles. The molecule has 0 atom stereocenters. The Kier molecular flexibility index (Phi) is 7.06. The summed E-state index contributed by atoms with van der Waals surface area (Å²) in [6, 6.07) is 8.65. The second-order valence-corrected chi connectivity index (χ2v) is 3.83. The van der Waals surface area contributed by atoms with Crippen LogP contribution in [0.25, 0.3) is 0 Å². The quantitative estimate of drug-likeness (QED) is 0.720. The maximum atomic E-state index is 11.4. The third-order valence-corrected chi connectivity index (χ3v) is 2.35. The molecule has 1 N–H and O–H groups in total. The van der Waals surface area contributed by atoms with Crippen LogP contribution < -0.4 is 10.1 Å². The zero-order valence-electron chi connectivity index (χ0n) is 11.0. The predicted octanol–water partition coefficient (Wildman–Crippen LogP) is 1.48. The van der Waals surface area contributed by atoms with Gasteiger partial charge in [0.2, 0.25) is 0 Å². The number of ether oxygens (including phenoxy) is 2. The summed E-state index contributed by atoms with van der Waals surface area (Å²) < 4.78 is 10.5. The smallest absolute Gasteiger partial charge is 0.257 e. The summed E-state index contributed by atoms with van der Waals surface area (Å²) in [7, 11) is 0. The van der Waals surface area contributed by atoms with Gasteiger partial charge in [-0.25, -0.2) is 0 Å². The molecule has 5 nitrogen and oxygen atoms in total. The molecule has 0 heterocycles. The van der Waals surface area contributed by atoms with E-state index in [1.54, 1.807) is 24.3 Å². The van der Waals surface area contributed by atoms with Gasteiger partial charge in [-0.3, -0.25) is 4.79 Å². The van der Waals surface area contributed by atoms with Gasteiger partial charge in [-0.05, 0) is 37.6 Å². The van der Waals surface area contributed by atoms with Gasteiger partial charge >= 0.3 is 0 Å². The van der Waals surface area contributed by atoms with E-state index in [9.17, 15) is 4.79 Å². The van der Waals surface area contributed by atoms with Crippen LogP contribution in [0.15, 0.2) is 24.3 Å². The fraction of sp³-hybridized carbons (Fsp3) is 0.429. The van der Waals surface area contributed by atoms with Gasteiger partial charge in [-0.1, -0.05) is 0 Å². The van der Waals surface area contributed by atoms with Crippen LogP contribution in [0.4, 0.5) is 0 Å². The Morgan fingerprint density at radius 3 is 2.74 bits per heavy atom.